The first-order valence-corrected chi connectivity index (χ1v) is 5.71. The fourth-order valence-electron chi connectivity index (χ4n) is 1.79. The molecule has 1 atom stereocenters. The van der Waals surface area contributed by atoms with Gasteiger partial charge in [-0.1, -0.05) is 12.1 Å². The van der Waals surface area contributed by atoms with E-state index in [0.717, 1.165) is 23.2 Å². The molecule has 0 aliphatic heterocycles. The lowest BCUT2D eigenvalue weighted by molar-refractivity contribution is 0.451. The van der Waals surface area contributed by atoms with Crippen LogP contribution in [-0.2, 0) is 6.54 Å². The summed E-state index contributed by atoms with van der Waals surface area (Å²) in [6.07, 6.45) is 3.37. The number of phenolic OH excluding ortho intramolecular Hbond substituents is 1. The van der Waals surface area contributed by atoms with Crippen LogP contribution in [0.4, 0.5) is 0 Å². The van der Waals surface area contributed by atoms with Crippen molar-refractivity contribution in [3.63, 3.8) is 0 Å². The highest BCUT2D eigenvalue weighted by Crippen LogP contribution is 2.25. The fraction of sp³-hybridized carbons (Fsp3) is 0.286. The molecule has 1 heterocycles. The van der Waals surface area contributed by atoms with Crippen molar-refractivity contribution < 1.29 is 9.52 Å². The maximum Gasteiger partial charge on any atom is 0.120 e. The summed E-state index contributed by atoms with van der Waals surface area (Å²) in [5.41, 5.74) is 3.08. The Hall–Kier alpha value is -1.74. The van der Waals surface area contributed by atoms with E-state index in [1.807, 2.05) is 32.0 Å². The molecule has 17 heavy (non-hydrogen) atoms. The lowest BCUT2D eigenvalue weighted by Crippen LogP contribution is -2.17. The second-order valence-corrected chi connectivity index (χ2v) is 4.30. The highest BCUT2D eigenvalue weighted by molar-refractivity contribution is 5.37. The van der Waals surface area contributed by atoms with Gasteiger partial charge < -0.3 is 14.8 Å². The van der Waals surface area contributed by atoms with Crippen molar-refractivity contribution in [1.29, 1.82) is 0 Å². The molecule has 1 aromatic heterocycles. The van der Waals surface area contributed by atoms with Crippen molar-refractivity contribution in [2.24, 2.45) is 0 Å². The quantitative estimate of drug-likeness (QED) is 0.849. The predicted octanol–water partition coefficient (Wildman–Crippen LogP) is 3.14. The standard InChI is InChI=1S/C14H17NO2/c1-10-3-4-13(14(16)7-10)11(2)15-8-12-5-6-17-9-12/h3-7,9,11,15-16H,8H2,1-2H3. The molecular formula is C14H17NO2. The number of furan rings is 1. The van der Waals surface area contributed by atoms with Crippen LogP contribution >= 0.6 is 0 Å². The zero-order valence-electron chi connectivity index (χ0n) is 10.1. The van der Waals surface area contributed by atoms with Crippen LogP contribution in [0, 0.1) is 6.92 Å². The summed E-state index contributed by atoms with van der Waals surface area (Å²) in [5.74, 6) is 0.345. The van der Waals surface area contributed by atoms with E-state index in [9.17, 15) is 5.11 Å². The molecule has 0 saturated carbocycles. The number of aromatic hydroxyl groups is 1. The molecular weight excluding hydrogens is 214 g/mol. The Labute approximate surface area is 101 Å². The average molecular weight is 231 g/mol. The van der Waals surface area contributed by atoms with Gasteiger partial charge in [-0.25, -0.2) is 0 Å². The van der Waals surface area contributed by atoms with Crippen molar-refractivity contribution in [2.45, 2.75) is 26.4 Å². The van der Waals surface area contributed by atoms with E-state index in [0.29, 0.717) is 5.75 Å². The summed E-state index contributed by atoms with van der Waals surface area (Å²) in [6, 6.07) is 7.77. The van der Waals surface area contributed by atoms with Gasteiger partial charge in [-0.3, -0.25) is 0 Å². The van der Waals surface area contributed by atoms with Crippen LogP contribution in [0.5, 0.6) is 5.75 Å². The van der Waals surface area contributed by atoms with E-state index in [-0.39, 0.29) is 6.04 Å². The van der Waals surface area contributed by atoms with Crippen molar-refractivity contribution in [2.75, 3.05) is 0 Å². The number of rotatable bonds is 4. The smallest absolute Gasteiger partial charge is 0.120 e. The highest BCUT2D eigenvalue weighted by Gasteiger charge is 2.09. The lowest BCUT2D eigenvalue weighted by atomic mass is 10.0. The largest absolute Gasteiger partial charge is 0.508 e. The van der Waals surface area contributed by atoms with Crippen LogP contribution in [0.1, 0.15) is 29.7 Å². The molecule has 1 aromatic carbocycles. The Bertz CT molecular complexity index is 477. The molecule has 2 aromatic rings. The van der Waals surface area contributed by atoms with Gasteiger partial charge in [0, 0.05) is 23.7 Å². The first-order valence-electron chi connectivity index (χ1n) is 5.71. The molecule has 0 radical (unpaired) electrons. The maximum atomic E-state index is 9.86. The molecule has 1 unspecified atom stereocenters. The molecule has 2 N–H and O–H groups in total. The average Bonchev–Trinajstić information content (AvgIpc) is 2.78. The number of phenols is 1. The normalized spacial score (nSPS) is 12.6. The number of aryl methyl sites for hydroxylation is 1. The van der Waals surface area contributed by atoms with E-state index in [4.69, 9.17) is 4.42 Å². The summed E-state index contributed by atoms with van der Waals surface area (Å²) in [6.45, 7) is 4.72. The number of hydrogen-bond acceptors (Lipinski definition) is 3. The Morgan fingerprint density at radius 2 is 2.18 bits per heavy atom. The van der Waals surface area contributed by atoms with Crippen molar-refractivity contribution in [1.82, 2.24) is 5.32 Å². The zero-order chi connectivity index (χ0) is 12.3. The van der Waals surface area contributed by atoms with Gasteiger partial charge in [0.25, 0.3) is 0 Å². The summed E-state index contributed by atoms with van der Waals surface area (Å²) in [4.78, 5) is 0. The third-order valence-corrected chi connectivity index (χ3v) is 2.84. The van der Waals surface area contributed by atoms with Gasteiger partial charge in [0.15, 0.2) is 0 Å². The third-order valence-electron chi connectivity index (χ3n) is 2.84. The minimum Gasteiger partial charge on any atom is -0.508 e. The third kappa shape index (κ3) is 2.88. The van der Waals surface area contributed by atoms with Gasteiger partial charge >= 0.3 is 0 Å². The van der Waals surface area contributed by atoms with Gasteiger partial charge in [-0.2, -0.15) is 0 Å². The van der Waals surface area contributed by atoms with Crippen molar-refractivity contribution >= 4 is 0 Å². The maximum absolute atomic E-state index is 9.86. The molecule has 3 nitrogen and oxygen atoms in total. The van der Waals surface area contributed by atoms with Crippen LogP contribution in [0.3, 0.4) is 0 Å². The highest BCUT2D eigenvalue weighted by atomic mass is 16.3. The van der Waals surface area contributed by atoms with Crippen LogP contribution in [0.15, 0.2) is 41.2 Å². The SMILES string of the molecule is Cc1ccc(C(C)NCc2ccoc2)c(O)c1. The minimum atomic E-state index is 0.102. The van der Waals surface area contributed by atoms with Crippen LogP contribution in [0.25, 0.3) is 0 Å². The van der Waals surface area contributed by atoms with E-state index < -0.39 is 0 Å². The van der Waals surface area contributed by atoms with Gasteiger partial charge in [0.1, 0.15) is 5.75 Å². The minimum absolute atomic E-state index is 0.102. The topological polar surface area (TPSA) is 45.4 Å². The molecule has 0 fully saturated rings. The molecule has 90 valence electrons. The Morgan fingerprint density at radius 3 is 2.82 bits per heavy atom. The van der Waals surface area contributed by atoms with Crippen LogP contribution in [0.2, 0.25) is 0 Å². The summed E-state index contributed by atoms with van der Waals surface area (Å²) < 4.78 is 5.00. The monoisotopic (exact) mass is 231 g/mol. The zero-order valence-corrected chi connectivity index (χ0v) is 10.1. The molecule has 3 heteroatoms. The van der Waals surface area contributed by atoms with E-state index >= 15 is 0 Å². The van der Waals surface area contributed by atoms with E-state index in [1.54, 1.807) is 18.6 Å². The molecule has 0 aliphatic rings. The van der Waals surface area contributed by atoms with Gasteiger partial charge in [-0.05, 0) is 31.5 Å². The summed E-state index contributed by atoms with van der Waals surface area (Å²) in [7, 11) is 0. The van der Waals surface area contributed by atoms with Crippen LogP contribution in [-0.4, -0.2) is 5.11 Å². The second-order valence-electron chi connectivity index (χ2n) is 4.30. The molecule has 2 rings (SSSR count). The number of hydrogen-bond donors (Lipinski definition) is 2. The van der Waals surface area contributed by atoms with E-state index in [1.165, 1.54) is 0 Å². The first kappa shape index (κ1) is 11.7. The van der Waals surface area contributed by atoms with Gasteiger partial charge in [0.05, 0.1) is 12.5 Å². The van der Waals surface area contributed by atoms with Crippen LogP contribution < -0.4 is 5.32 Å². The molecule has 0 amide bonds. The molecule has 0 spiro atoms. The molecule has 0 saturated heterocycles. The summed E-state index contributed by atoms with van der Waals surface area (Å²) in [5, 5.41) is 13.2. The lowest BCUT2D eigenvalue weighted by Gasteiger charge is -2.15. The number of benzene rings is 1. The van der Waals surface area contributed by atoms with Crippen molar-refractivity contribution in [3.05, 3.63) is 53.5 Å². The second kappa shape index (κ2) is 5.06. The number of nitrogens with one attached hydrogen (secondary N) is 1. The Kier molecular flexibility index (Phi) is 3.49. The Morgan fingerprint density at radius 1 is 1.35 bits per heavy atom. The first-order chi connectivity index (χ1) is 8.16. The molecule has 0 aliphatic carbocycles. The van der Waals surface area contributed by atoms with Gasteiger partial charge in [-0.15, -0.1) is 0 Å². The van der Waals surface area contributed by atoms with Gasteiger partial charge in [0.2, 0.25) is 0 Å². The summed E-state index contributed by atoms with van der Waals surface area (Å²) >= 11 is 0. The predicted molar refractivity (Wildman–Crippen MR) is 66.8 cm³/mol. The van der Waals surface area contributed by atoms with Crippen molar-refractivity contribution in [3.8, 4) is 5.75 Å². The van der Waals surface area contributed by atoms with E-state index in [2.05, 4.69) is 5.32 Å². The Balaban J connectivity index is 2.01. The molecule has 0 bridgehead atoms. The fourth-order valence-corrected chi connectivity index (χ4v) is 1.79.